The van der Waals surface area contributed by atoms with Gasteiger partial charge in [-0.1, -0.05) is 0 Å². The lowest BCUT2D eigenvalue weighted by molar-refractivity contribution is -0.131. The first-order valence-corrected chi connectivity index (χ1v) is 8.76. The Morgan fingerprint density at radius 2 is 2.00 bits per heavy atom. The number of halogens is 1. The molecule has 1 saturated heterocycles. The number of likely N-dealkylation sites (N-methyl/N-ethyl adjacent to an activating group) is 1. The Labute approximate surface area is 148 Å². The van der Waals surface area contributed by atoms with Crippen molar-refractivity contribution >= 4 is 28.3 Å². The molecule has 1 aromatic carbocycles. The van der Waals surface area contributed by atoms with Crippen LogP contribution in [-0.2, 0) is 14.8 Å². The van der Waals surface area contributed by atoms with Gasteiger partial charge in [0.2, 0.25) is 15.9 Å². The minimum atomic E-state index is -3.77. The lowest BCUT2D eigenvalue weighted by Gasteiger charge is -2.29. The highest BCUT2D eigenvalue weighted by atomic mass is 35.5. The smallest absolute Gasteiger partial charge is 0.243 e. The molecule has 0 radical (unpaired) electrons. The Kier molecular flexibility index (Phi) is 7.17. The SMILES string of the molecule is Cc1cc(C#N)ccc1S(=O)(=O)N(C)CC(=O)N1CCNCC1.Cl. The highest BCUT2D eigenvalue weighted by Gasteiger charge is 2.27. The number of benzene rings is 1. The minimum Gasteiger partial charge on any atom is -0.339 e. The molecule has 0 aliphatic carbocycles. The molecular formula is C15H21ClN4O3S. The van der Waals surface area contributed by atoms with Crippen molar-refractivity contribution in [1.82, 2.24) is 14.5 Å². The molecule has 24 heavy (non-hydrogen) atoms. The fraction of sp³-hybridized carbons (Fsp3) is 0.467. The average molecular weight is 373 g/mol. The van der Waals surface area contributed by atoms with Crippen molar-refractivity contribution in [2.45, 2.75) is 11.8 Å². The van der Waals surface area contributed by atoms with Gasteiger partial charge in [0, 0.05) is 33.2 Å². The standard InChI is InChI=1S/C15H20N4O3S.ClH/c1-12-9-13(10-16)3-4-14(12)23(21,22)18(2)11-15(20)19-7-5-17-6-8-19;/h3-4,9,17H,5-8,11H2,1-2H3;1H. The molecule has 0 unspecified atom stereocenters. The van der Waals surface area contributed by atoms with Crippen LogP contribution < -0.4 is 5.32 Å². The number of nitriles is 1. The van der Waals surface area contributed by atoms with Gasteiger partial charge < -0.3 is 10.2 Å². The van der Waals surface area contributed by atoms with E-state index in [1.807, 2.05) is 6.07 Å². The largest absolute Gasteiger partial charge is 0.339 e. The number of nitrogens with one attached hydrogen (secondary N) is 1. The summed E-state index contributed by atoms with van der Waals surface area (Å²) in [6, 6.07) is 6.38. The number of rotatable bonds is 4. The zero-order chi connectivity index (χ0) is 17.0. The molecule has 0 spiro atoms. The molecule has 0 saturated carbocycles. The van der Waals surface area contributed by atoms with E-state index in [9.17, 15) is 13.2 Å². The summed E-state index contributed by atoms with van der Waals surface area (Å²) in [7, 11) is -2.37. The van der Waals surface area contributed by atoms with Crippen molar-refractivity contribution < 1.29 is 13.2 Å². The highest BCUT2D eigenvalue weighted by Crippen LogP contribution is 2.20. The van der Waals surface area contributed by atoms with E-state index in [1.165, 1.54) is 25.2 Å². The third kappa shape index (κ3) is 4.45. The van der Waals surface area contributed by atoms with Gasteiger partial charge in [0.1, 0.15) is 0 Å². The van der Waals surface area contributed by atoms with E-state index in [2.05, 4.69) is 5.32 Å². The zero-order valence-corrected chi connectivity index (χ0v) is 15.3. The van der Waals surface area contributed by atoms with Crippen molar-refractivity contribution in [1.29, 1.82) is 5.26 Å². The second-order valence-electron chi connectivity index (χ2n) is 5.48. The number of hydrogen-bond donors (Lipinski definition) is 1. The number of hydrogen-bond acceptors (Lipinski definition) is 5. The zero-order valence-electron chi connectivity index (χ0n) is 13.7. The van der Waals surface area contributed by atoms with Crippen LogP contribution in [0.2, 0.25) is 0 Å². The maximum atomic E-state index is 12.6. The number of sulfonamides is 1. The Bertz CT molecular complexity index is 740. The van der Waals surface area contributed by atoms with Crippen LogP contribution in [0.1, 0.15) is 11.1 Å². The Balaban J connectivity index is 0.00000288. The summed E-state index contributed by atoms with van der Waals surface area (Å²) in [5.41, 5.74) is 0.895. The van der Waals surface area contributed by atoms with E-state index in [0.717, 1.165) is 17.4 Å². The molecule has 1 N–H and O–H groups in total. The first-order valence-electron chi connectivity index (χ1n) is 7.32. The van der Waals surface area contributed by atoms with E-state index < -0.39 is 10.0 Å². The van der Waals surface area contributed by atoms with Crippen LogP contribution in [0.4, 0.5) is 0 Å². The number of amides is 1. The molecule has 1 heterocycles. The van der Waals surface area contributed by atoms with Gasteiger partial charge in [-0.25, -0.2) is 8.42 Å². The summed E-state index contributed by atoms with van der Waals surface area (Å²) in [6.45, 7) is 4.06. The van der Waals surface area contributed by atoms with Gasteiger partial charge in [0.05, 0.1) is 23.1 Å². The average Bonchev–Trinajstić information content (AvgIpc) is 2.55. The maximum absolute atomic E-state index is 12.6. The van der Waals surface area contributed by atoms with Gasteiger partial charge in [0.25, 0.3) is 0 Å². The summed E-state index contributed by atoms with van der Waals surface area (Å²) < 4.78 is 26.3. The van der Waals surface area contributed by atoms with Crippen molar-refractivity contribution in [2.75, 3.05) is 39.8 Å². The number of piperazine rings is 1. The molecule has 0 atom stereocenters. The van der Waals surface area contributed by atoms with Gasteiger partial charge >= 0.3 is 0 Å². The molecule has 0 bridgehead atoms. The lowest BCUT2D eigenvalue weighted by Crippen LogP contribution is -2.49. The minimum absolute atomic E-state index is 0. The van der Waals surface area contributed by atoms with E-state index in [4.69, 9.17) is 5.26 Å². The third-order valence-electron chi connectivity index (χ3n) is 3.82. The summed E-state index contributed by atoms with van der Waals surface area (Å²) in [6.07, 6.45) is 0. The van der Waals surface area contributed by atoms with E-state index in [0.29, 0.717) is 24.2 Å². The maximum Gasteiger partial charge on any atom is 0.243 e. The second-order valence-corrected chi connectivity index (χ2v) is 7.50. The monoisotopic (exact) mass is 372 g/mol. The van der Waals surface area contributed by atoms with Crippen molar-refractivity contribution in [3.63, 3.8) is 0 Å². The van der Waals surface area contributed by atoms with Crippen molar-refractivity contribution in [3.8, 4) is 6.07 Å². The Morgan fingerprint density at radius 1 is 1.38 bits per heavy atom. The molecule has 1 aliphatic heterocycles. The van der Waals surface area contributed by atoms with Crippen LogP contribution in [0.25, 0.3) is 0 Å². The van der Waals surface area contributed by atoms with Crippen molar-refractivity contribution in [3.05, 3.63) is 29.3 Å². The van der Waals surface area contributed by atoms with Crippen LogP contribution in [-0.4, -0.2) is 63.3 Å². The van der Waals surface area contributed by atoms with E-state index in [-0.39, 0.29) is 29.8 Å². The fourth-order valence-electron chi connectivity index (χ4n) is 2.47. The van der Waals surface area contributed by atoms with Crippen molar-refractivity contribution in [2.24, 2.45) is 0 Å². The number of nitrogens with zero attached hydrogens (tertiary/aromatic N) is 3. The third-order valence-corrected chi connectivity index (χ3v) is 5.78. The molecule has 1 fully saturated rings. The molecule has 132 valence electrons. The van der Waals surface area contributed by atoms with Crippen LogP contribution in [0.15, 0.2) is 23.1 Å². The molecule has 2 rings (SSSR count). The lowest BCUT2D eigenvalue weighted by atomic mass is 10.2. The van der Waals surface area contributed by atoms with Gasteiger partial charge in [-0.05, 0) is 30.7 Å². The molecule has 1 aromatic rings. The van der Waals surface area contributed by atoms with Crippen LogP contribution in [0, 0.1) is 18.3 Å². The molecule has 1 amide bonds. The predicted molar refractivity (Wildman–Crippen MR) is 92.4 cm³/mol. The number of carbonyl (C=O) groups is 1. The molecule has 9 heteroatoms. The number of carbonyl (C=O) groups excluding carboxylic acids is 1. The quantitative estimate of drug-likeness (QED) is 0.822. The van der Waals surface area contributed by atoms with Gasteiger partial charge in [-0.3, -0.25) is 4.79 Å². The highest BCUT2D eigenvalue weighted by molar-refractivity contribution is 7.89. The molecule has 7 nitrogen and oxygen atoms in total. The predicted octanol–water partition coefficient (Wildman–Crippen LogP) is 0.341. The first kappa shape index (κ1) is 20.4. The summed E-state index contributed by atoms with van der Waals surface area (Å²) in [5.74, 6) is -0.205. The summed E-state index contributed by atoms with van der Waals surface area (Å²) in [5, 5.41) is 12.0. The Hall–Kier alpha value is -1.66. The van der Waals surface area contributed by atoms with E-state index in [1.54, 1.807) is 11.8 Å². The van der Waals surface area contributed by atoms with E-state index >= 15 is 0 Å². The second kappa shape index (κ2) is 8.44. The molecule has 1 aliphatic rings. The van der Waals surface area contributed by atoms with Gasteiger partial charge in [-0.15, -0.1) is 12.4 Å². The molecule has 0 aromatic heterocycles. The van der Waals surface area contributed by atoms with Gasteiger partial charge in [0.15, 0.2) is 0 Å². The first-order chi connectivity index (χ1) is 10.9. The fourth-order valence-corrected chi connectivity index (χ4v) is 3.79. The van der Waals surface area contributed by atoms with Crippen LogP contribution in [0.5, 0.6) is 0 Å². The van der Waals surface area contributed by atoms with Gasteiger partial charge in [-0.2, -0.15) is 9.57 Å². The summed E-state index contributed by atoms with van der Waals surface area (Å²) in [4.78, 5) is 14.0. The van der Waals surface area contributed by atoms with Crippen LogP contribution in [0.3, 0.4) is 0 Å². The normalized spacial score (nSPS) is 14.8. The van der Waals surface area contributed by atoms with Crippen LogP contribution >= 0.6 is 12.4 Å². The molecular weight excluding hydrogens is 352 g/mol. The summed E-state index contributed by atoms with van der Waals surface area (Å²) >= 11 is 0. The topological polar surface area (TPSA) is 93.5 Å². The Morgan fingerprint density at radius 3 is 2.54 bits per heavy atom. The number of aryl methyl sites for hydroxylation is 1.